The number of nitrogens with one attached hydrogen (secondary N) is 1. The first-order chi connectivity index (χ1) is 12.5. The molecule has 1 aromatic carbocycles. The third kappa shape index (κ3) is 5.56. The van der Waals surface area contributed by atoms with E-state index in [0.29, 0.717) is 0 Å². The van der Waals surface area contributed by atoms with E-state index in [9.17, 15) is 26.7 Å². The van der Waals surface area contributed by atoms with Crippen LogP contribution in [0.2, 0.25) is 5.02 Å². The maximum Gasteiger partial charge on any atom is 0.435 e. The van der Waals surface area contributed by atoms with Gasteiger partial charge in [0.1, 0.15) is 5.75 Å². The van der Waals surface area contributed by atoms with E-state index < -0.39 is 30.3 Å². The van der Waals surface area contributed by atoms with E-state index in [1.54, 1.807) is 0 Å². The van der Waals surface area contributed by atoms with Gasteiger partial charge in [0, 0.05) is 11.4 Å². The average Bonchev–Trinajstić information content (AvgIpc) is 2.91. The number of amides is 1. The van der Waals surface area contributed by atoms with Crippen LogP contribution in [-0.2, 0) is 17.5 Å². The van der Waals surface area contributed by atoms with Gasteiger partial charge >= 0.3 is 12.8 Å². The minimum Gasteiger partial charge on any atom is -0.433 e. The molecular formula is C16H15ClF5N3O2. The standard InChI is InChI=1S/C16H15ClF5N3O2/c1-8(7-25-9(2)5-13(24-25)16(20,21)22)14(26)23-10-3-4-12(11(17)6-10)27-15(18)19/h3-6,8,15H,7H2,1-2H3,(H,23,26). The Labute approximate surface area is 156 Å². The predicted octanol–water partition coefficient (Wildman–Crippen LogP) is 4.74. The molecule has 0 radical (unpaired) electrons. The molecule has 0 fully saturated rings. The third-order valence-electron chi connectivity index (χ3n) is 3.58. The summed E-state index contributed by atoms with van der Waals surface area (Å²) in [5.41, 5.74) is -0.542. The number of rotatable bonds is 6. The molecule has 0 aliphatic carbocycles. The first-order valence-electron chi connectivity index (χ1n) is 7.64. The molecule has 1 amide bonds. The summed E-state index contributed by atoms with van der Waals surface area (Å²) in [5, 5.41) is 5.85. The monoisotopic (exact) mass is 411 g/mol. The minimum atomic E-state index is -4.57. The topological polar surface area (TPSA) is 56.2 Å². The molecule has 1 unspecified atom stereocenters. The van der Waals surface area contributed by atoms with E-state index in [2.05, 4.69) is 15.2 Å². The summed E-state index contributed by atoms with van der Waals surface area (Å²) in [4.78, 5) is 12.2. The van der Waals surface area contributed by atoms with Crippen molar-refractivity contribution >= 4 is 23.2 Å². The summed E-state index contributed by atoms with van der Waals surface area (Å²) in [5.74, 6) is -1.47. The normalized spacial score (nSPS) is 12.9. The molecule has 27 heavy (non-hydrogen) atoms. The maximum absolute atomic E-state index is 12.7. The van der Waals surface area contributed by atoms with Crippen LogP contribution in [0, 0.1) is 12.8 Å². The summed E-state index contributed by atoms with van der Waals surface area (Å²) in [6, 6.07) is 4.61. The van der Waals surface area contributed by atoms with E-state index in [1.807, 2.05) is 0 Å². The van der Waals surface area contributed by atoms with Gasteiger partial charge in [-0.25, -0.2) is 0 Å². The number of hydrogen-bond acceptors (Lipinski definition) is 3. The minimum absolute atomic E-state index is 0.0753. The molecule has 0 spiro atoms. The number of alkyl halides is 5. The van der Waals surface area contributed by atoms with Gasteiger partial charge in [0.05, 0.1) is 17.5 Å². The van der Waals surface area contributed by atoms with E-state index in [-0.39, 0.29) is 28.7 Å². The third-order valence-corrected chi connectivity index (χ3v) is 3.88. The zero-order chi connectivity index (χ0) is 20.4. The maximum atomic E-state index is 12.7. The molecule has 1 atom stereocenters. The van der Waals surface area contributed by atoms with E-state index >= 15 is 0 Å². The van der Waals surface area contributed by atoms with Crippen molar-refractivity contribution in [3.8, 4) is 5.75 Å². The van der Waals surface area contributed by atoms with Gasteiger partial charge in [-0.2, -0.15) is 27.1 Å². The molecule has 0 aliphatic rings. The second-order valence-electron chi connectivity index (χ2n) is 5.76. The SMILES string of the molecule is Cc1cc(C(F)(F)F)nn1CC(C)C(=O)Nc1ccc(OC(F)F)c(Cl)c1. The van der Waals surface area contributed by atoms with Crippen LogP contribution in [0.4, 0.5) is 27.6 Å². The van der Waals surface area contributed by atoms with Gasteiger partial charge in [-0.15, -0.1) is 0 Å². The molecule has 0 bridgehead atoms. The van der Waals surface area contributed by atoms with E-state index in [4.69, 9.17) is 11.6 Å². The van der Waals surface area contributed by atoms with Crippen molar-refractivity contribution in [1.29, 1.82) is 0 Å². The highest BCUT2D eigenvalue weighted by molar-refractivity contribution is 6.32. The Hall–Kier alpha value is -2.36. The molecule has 0 saturated carbocycles. The van der Waals surface area contributed by atoms with Crippen molar-refractivity contribution in [3.05, 3.63) is 40.7 Å². The Kier molecular flexibility index (Phi) is 6.30. The smallest absolute Gasteiger partial charge is 0.433 e. The van der Waals surface area contributed by atoms with Gasteiger partial charge in [-0.05, 0) is 31.2 Å². The van der Waals surface area contributed by atoms with Gasteiger partial charge in [0.15, 0.2) is 5.69 Å². The number of carbonyl (C=O) groups is 1. The Morgan fingerprint density at radius 3 is 2.52 bits per heavy atom. The van der Waals surface area contributed by atoms with Crippen molar-refractivity contribution in [3.63, 3.8) is 0 Å². The lowest BCUT2D eigenvalue weighted by Gasteiger charge is -2.14. The molecular weight excluding hydrogens is 397 g/mol. The lowest BCUT2D eigenvalue weighted by molar-refractivity contribution is -0.141. The molecule has 1 N–H and O–H groups in total. The van der Waals surface area contributed by atoms with Gasteiger partial charge in [0.25, 0.3) is 0 Å². The van der Waals surface area contributed by atoms with Crippen LogP contribution in [0.15, 0.2) is 24.3 Å². The van der Waals surface area contributed by atoms with Gasteiger partial charge in [-0.1, -0.05) is 18.5 Å². The Bertz CT molecular complexity index is 823. The van der Waals surface area contributed by atoms with Crippen LogP contribution in [0.25, 0.3) is 0 Å². The highest BCUT2D eigenvalue weighted by atomic mass is 35.5. The van der Waals surface area contributed by atoms with Gasteiger partial charge in [-0.3, -0.25) is 9.48 Å². The molecule has 1 heterocycles. The Morgan fingerprint density at radius 1 is 1.33 bits per heavy atom. The average molecular weight is 412 g/mol. The highest BCUT2D eigenvalue weighted by Gasteiger charge is 2.34. The largest absolute Gasteiger partial charge is 0.435 e. The number of carbonyl (C=O) groups excluding carboxylic acids is 1. The number of anilines is 1. The lowest BCUT2D eigenvalue weighted by Crippen LogP contribution is -2.25. The number of aromatic nitrogens is 2. The van der Waals surface area contributed by atoms with Crippen molar-refractivity contribution in [2.45, 2.75) is 33.2 Å². The fraction of sp³-hybridized carbons (Fsp3) is 0.375. The molecule has 2 rings (SSSR count). The fourth-order valence-corrected chi connectivity index (χ4v) is 2.44. The predicted molar refractivity (Wildman–Crippen MR) is 87.8 cm³/mol. The van der Waals surface area contributed by atoms with Crippen molar-refractivity contribution in [1.82, 2.24) is 9.78 Å². The molecule has 1 aromatic heterocycles. The second-order valence-corrected chi connectivity index (χ2v) is 6.17. The van der Waals surface area contributed by atoms with Crippen molar-refractivity contribution < 1.29 is 31.5 Å². The quantitative estimate of drug-likeness (QED) is 0.698. The molecule has 0 saturated heterocycles. The zero-order valence-corrected chi connectivity index (χ0v) is 14.9. The summed E-state index contributed by atoms with van der Waals surface area (Å²) in [6.45, 7) is -0.149. The van der Waals surface area contributed by atoms with Crippen LogP contribution in [-0.4, -0.2) is 22.3 Å². The van der Waals surface area contributed by atoms with Crippen LogP contribution in [0.5, 0.6) is 5.75 Å². The summed E-state index contributed by atoms with van der Waals surface area (Å²) < 4.78 is 67.8. The number of benzene rings is 1. The van der Waals surface area contributed by atoms with Crippen LogP contribution in [0.1, 0.15) is 18.3 Å². The summed E-state index contributed by atoms with van der Waals surface area (Å²) in [7, 11) is 0. The molecule has 5 nitrogen and oxygen atoms in total. The first kappa shape index (κ1) is 20.9. The fourth-order valence-electron chi connectivity index (χ4n) is 2.21. The lowest BCUT2D eigenvalue weighted by atomic mass is 10.1. The molecule has 0 aliphatic heterocycles. The van der Waals surface area contributed by atoms with Crippen LogP contribution >= 0.6 is 11.6 Å². The number of nitrogens with zero attached hydrogens (tertiary/aromatic N) is 2. The number of hydrogen-bond donors (Lipinski definition) is 1. The molecule has 2 aromatic rings. The Morgan fingerprint density at radius 2 is 2.00 bits per heavy atom. The first-order valence-corrected chi connectivity index (χ1v) is 8.02. The van der Waals surface area contributed by atoms with E-state index in [0.717, 1.165) is 10.7 Å². The van der Waals surface area contributed by atoms with Gasteiger partial charge < -0.3 is 10.1 Å². The highest BCUT2D eigenvalue weighted by Crippen LogP contribution is 2.30. The Balaban J connectivity index is 2.04. The van der Waals surface area contributed by atoms with E-state index in [1.165, 1.54) is 32.0 Å². The summed E-state index contributed by atoms with van der Waals surface area (Å²) in [6.07, 6.45) is -4.57. The van der Waals surface area contributed by atoms with Crippen molar-refractivity contribution in [2.24, 2.45) is 5.92 Å². The zero-order valence-electron chi connectivity index (χ0n) is 14.1. The van der Waals surface area contributed by atoms with Crippen LogP contribution < -0.4 is 10.1 Å². The number of halogens is 6. The van der Waals surface area contributed by atoms with Crippen LogP contribution in [0.3, 0.4) is 0 Å². The molecule has 11 heteroatoms. The second kappa shape index (κ2) is 8.12. The molecule has 148 valence electrons. The number of ether oxygens (including phenoxy) is 1. The summed E-state index contributed by atoms with van der Waals surface area (Å²) >= 11 is 5.80. The van der Waals surface area contributed by atoms with Crippen molar-refractivity contribution in [2.75, 3.05) is 5.32 Å². The number of aryl methyl sites for hydroxylation is 1. The van der Waals surface area contributed by atoms with Gasteiger partial charge in [0.2, 0.25) is 5.91 Å².